The van der Waals surface area contributed by atoms with E-state index >= 15 is 0 Å². The standard InChI is InChI=1S/C54H44/c1-3-14-33(15-4-1)35-26-27-43-39(28-35)29-36-18-7-9-20-41(36)50(43)51-44-22-11-12-23-45(44)54-52-46(24-13-25-47(51)52)48-32-38(34-16-5-2-6-17-34)31-40-30-37-19-8-10-21-42(37)53(54)49(40)48/h7-13,18-34H,1-6,14-17H2. The van der Waals surface area contributed by atoms with Gasteiger partial charge in [0.1, 0.15) is 0 Å². The molecule has 0 saturated heterocycles. The zero-order valence-corrected chi connectivity index (χ0v) is 30.9. The average molecular weight is 693 g/mol. The van der Waals surface area contributed by atoms with Gasteiger partial charge in [0.05, 0.1) is 0 Å². The van der Waals surface area contributed by atoms with Crippen LogP contribution in [0.15, 0.2) is 133 Å². The molecule has 0 spiro atoms. The third-order valence-electron chi connectivity index (χ3n) is 13.9. The molecule has 0 amide bonds. The van der Waals surface area contributed by atoms with E-state index in [-0.39, 0.29) is 0 Å². The second kappa shape index (κ2) is 12.0. The molecular weight excluding hydrogens is 649 g/mol. The van der Waals surface area contributed by atoms with Crippen molar-refractivity contribution in [2.24, 2.45) is 0 Å². The summed E-state index contributed by atoms with van der Waals surface area (Å²) in [5.41, 5.74) is 5.81. The molecule has 0 radical (unpaired) electrons. The van der Waals surface area contributed by atoms with E-state index in [1.165, 1.54) is 173 Å². The minimum absolute atomic E-state index is 0.641. The Morgan fingerprint density at radius 1 is 0.278 bits per heavy atom. The molecule has 0 atom stereocenters. The smallest absolute Gasteiger partial charge is 0.000741 e. The molecule has 2 aliphatic rings. The third-order valence-corrected chi connectivity index (χ3v) is 13.9. The average Bonchev–Trinajstić information content (AvgIpc) is 3.24. The Kier molecular flexibility index (Phi) is 6.89. The summed E-state index contributed by atoms with van der Waals surface area (Å²) in [6.07, 6.45) is 13.4. The van der Waals surface area contributed by atoms with Crippen molar-refractivity contribution < 1.29 is 0 Å². The maximum absolute atomic E-state index is 2.61. The first-order valence-corrected chi connectivity index (χ1v) is 20.7. The van der Waals surface area contributed by atoms with Gasteiger partial charge in [0, 0.05) is 0 Å². The Balaban J connectivity index is 1.27. The Labute approximate surface area is 316 Å². The second-order valence-electron chi connectivity index (χ2n) is 16.8. The first-order chi connectivity index (χ1) is 26.8. The monoisotopic (exact) mass is 692 g/mol. The molecule has 10 aromatic carbocycles. The van der Waals surface area contributed by atoms with Crippen molar-refractivity contribution >= 4 is 86.2 Å². The van der Waals surface area contributed by atoms with Gasteiger partial charge >= 0.3 is 0 Å². The lowest BCUT2D eigenvalue weighted by molar-refractivity contribution is 0.444. The number of rotatable bonds is 3. The van der Waals surface area contributed by atoms with Crippen molar-refractivity contribution in [3.63, 3.8) is 0 Å². The van der Waals surface area contributed by atoms with Crippen molar-refractivity contribution in [2.75, 3.05) is 0 Å². The zero-order valence-electron chi connectivity index (χ0n) is 30.9. The highest BCUT2D eigenvalue weighted by molar-refractivity contribution is 6.44. The molecule has 54 heavy (non-hydrogen) atoms. The van der Waals surface area contributed by atoms with Crippen LogP contribution in [0.2, 0.25) is 0 Å². The summed E-state index contributed by atoms with van der Waals surface area (Å²) in [6.45, 7) is 0. The van der Waals surface area contributed by atoms with Gasteiger partial charge in [0.25, 0.3) is 0 Å². The SMILES string of the molecule is c1ccc2c(-c3c4ccccc4c4c5c3cccc5c3cc(C5CCCCC5)cc5cc6ccccc6c4c53)c3ccc(C4CCCCC4)cc3cc2c1. The lowest BCUT2D eigenvalue weighted by Gasteiger charge is -2.25. The van der Waals surface area contributed by atoms with Gasteiger partial charge in [-0.1, -0.05) is 160 Å². The van der Waals surface area contributed by atoms with Gasteiger partial charge in [-0.15, -0.1) is 0 Å². The van der Waals surface area contributed by atoms with E-state index in [0.717, 1.165) is 0 Å². The predicted octanol–water partition coefficient (Wildman–Crippen LogP) is 16.1. The van der Waals surface area contributed by atoms with E-state index in [1.807, 2.05) is 0 Å². The number of benzene rings is 10. The molecule has 10 aromatic rings. The Hall–Kier alpha value is -5.46. The summed E-state index contributed by atoms with van der Waals surface area (Å²) < 4.78 is 0. The molecule has 2 fully saturated rings. The number of hydrogen-bond donors (Lipinski definition) is 0. The summed E-state index contributed by atoms with van der Waals surface area (Å²) in [6, 6.07) is 52.5. The highest BCUT2D eigenvalue weighted by Crippen LogP contribution is 2.52. The molecule has 2 aliphatic carbocycles. The van der Waals surface area contributed by atoms with Crippen LogP contribution in [0.4, 0.5) is 0 Å². The molecule has 0 unspecified atom stereocenters. The van der Waals surface area contributed by atoms with E-state index in [2.05, 4.69) is 133 Å². The molecule has 0 aromatic heterocycles. The van der Waals surface area contributed by atoms with Gasteiger partial charge in [0.2, 0.25) is 0 Å². The highest BCUT2D eigenvalue weighted by Gasteiger charge is 2.25. The summed E-state index contributed by atoms with van der Waals surface area (Å²) in [5.74, 6) is 1.32. The van der Waals surface area contributed by atoms with Crippen molar-refractivity contribution in [1.29, 1.82) is 0 Å². The summed E-state index contributed by atoms with van der Waals surface area (Å²) in [7, 11) is 0. The minimum atomic E-state index is 0.641. The van der Waals surface area contributed by atoms with E-state index in [4.69, 9.17) is 0 Å². The largest absolute Gasteiger partial charge is 0.0616 e. The van der Waals surface area contributed by atoms with Crippen molar-refractivity contribution in [3.05, 3.63) is 145 Å². The molecule has 0 heterocycles. The maximum Gasteiger partial charge on any atom is -0.000741 e. The van der Waals surface area contributed by atoms with E-state index in [0.29, 0.717) is 11.8 Å². The lowest BCUT2D eigenvalue weighted by Crippen LogP contribution is -2.04. The fourth-order valence-electron chi connectivity index (χ4n) is 11.4. The molecular formula is C54H44. The third kappa shape index (κ3) is 4.49. The van der Waals surface area contributed by atoms with Crippen LogP contribution in [0, 0.1) is 0 Å². The van der Waals surface area contributed by atoms with E-state index in [1.54, 1.807) is 0 Å². The molecule has 2 saturated carbocycles. The topological polar surface area (TPSA) is 0 Å². The lowest BCUT2D eigenvalue weighted by atomic mass is 9.78. The zero-order chi connectivity index (χ0) is 35.3. The molecule has 12 rings (SSSR count). The van der Waals surface area contributed by atoms with Gasteiger partial charge in [-0.3, -0.25) is 0 Å². The summed E-state index contributed by atoms with van der Waals surface area (Å²) >= 11 is 0. The van der Waals surface area contributed by atoms with E-state index in [9.17, 15) is 0 Å². The van der Waals surface area contributed by atoms with Gasteiger partial charge in [-0.05, 0) is 158 Å². The van der Waals surface area contributed by atoms with Crippen LogP contribution in [0.25, 0.3) is 97.3 Å². The highest BCUT2D eigenvalue weighted by atomic mass is 14.3. The predicted molar refractivity (Wildman–Crippen MR) is 235 cm³/mol. The Morgan fingerprint density at radius 3 is 1.57 bits per heavy atom. The van der Waals surface area contributed by atoms with Crippen LogP contribution >= 0.6 is 0 Å². The molecule has 0 bridgehead atoms. The molecule has 0 nitrogen and oxygen atoms in total. The van der Waals surface area contributed by atoms with E-state index < -0.39 is 0 Å². The maximum atomic E-state index is 2.61. The normalized spacial score (nSPS) is 16.4. The summed E-state index contributed by atoms with van der Waals surface area (Å²) in [5, 5.41) is 22.0. The number of hydrogen-bond acceptors (Lipinski definition) is 0. The minimum Gasteiger partial charge on any atom is -0.0616 e. The number of fused-ring (bicyclic) bond motifs is 8. The Morgan fingerprint density at radius 2 is 0.796 bits per heavy atom. The summed E-state index contributed by atoms with van der Waals surface area (Å²) in [4.78, 5) is 0. The quantitative estimate of drug-likeness (QED) is 0.128. The van der Waals surface area contributed by atoms with Crippen LogP contribution in [0.5, 0.6) is 0 Å². The van der Waals surface area contributed by atoms with Crippen molar-refractivity contribution in [1.82, 2.24) is 0 Å². The van der Waals surface area contributed by atoms with Crippen LogP contribution in [0.1, 0.15) is 87.2 Å². The fourth-order valence-corrected chi connectivity index (χ4v) is 11.4. The van der Waals surface area contributed by atoms with Crippen LogP contribution in [-0.4, -0.2) is 0 Å². The van der Waals surface area contributed by atoms with Gasteiger partial charge < -0.3 is 0 Å². The van der Waals surface area contributed by atoms with Crippen LogP contribution in [0.3, 0.4) is 0 Å². The Bertz CT molecular complexity index is 3110. The molecule has 0 heteroatoms. The first kappa shape index (κ1) is 30.9. The fraction of sp³-hybridized carbons (Fsp3) is 0.222. The molecule has 260 valence electrons. The van der Waals surface area contributed by atoms with Gasteiger partial charge in [-0.2, -0.15) is 0 Å². The van der Waals surface area contributed by atoms with Crippen LogP contribution < -0.4 is 0 Å². The van der Waals surface area contributed by atoms with Gasteiger partial charge in [-0.25, -0.2) is 0 Å². The van der Waals surface area contributed by atoms with Gasteiger partial charge in [0.15, 0.2) is 0 Å². The van der Waals surface area contributed by atoms with Crippen molar-refractivity contribution in [3.8, 4) is 11.1 Å². The molecule has 0 N–H and O–H groups in total. The van der Waals surface area contributed by atoms with Crippen molar-refractivity contribution in [2.45, 2.75) is 76.0 Å². The second-order valence-corrected chi connectivity index (χ2v) is 16.8. The molecule has 0 aliphatic heterocycles. The first-order valence-electron chi connectivity index (χ1n) is 20.7. The van der Waals surface area contributed by atoms with Crippen LogP contribution in [-0.2, 0) is 0 Å².